The zero-order valence-corrected chi connectivity index (χ0v) is 24.3. The molecule has 1 saturated heterocycles. The molecule has 4 rings (SSSR count). The number of nitrogens with zero attached hydrogens (tertiary/aromatic N) is 2. The van der Waals surface area contributed by atoms with E-state index in [9.17, 15) is 23.6 Å². The number of ether oxygens (including phenoxy) is 1. The highest BCUT2D eigenvalue weighted by molar-refractivity contribution is 6.32. The molecule has 0 radical (unpaired) electrons. The lowest BCUT2D eigenvalue weighted by Gasteiger charge is -2.32. The number of nitrogens with one attached hydrogen (secondary N) is 2. The van der Waals surface area contributed by atoms with Gasteiger partial charge in [0, 0.05) is 31.2 Å². The predicted octanol–water partition coefficient (Wildman–Crippen LogP) is 3.44. The lowest BCUT2D eigenvalue weighted by molar-refractivity contribution is -0.126. The number of aryl methyl sites for hydroxylation is 1. The van der Waals surface area contributed by atoms with Crippen molar-refractivity contribution in [3.8, 4) is 5.75 Å². The fraction of sp³-hybridized carbons (Fsp3) is 0.467. The highest BCUT2D eigenvalue weighted by Gasteiger charge is 2.37. The van der Waals surface area contributed by atoms with Crippen LogP contribution in [0, 0.1) is 11.7 Å². The Hall–Kier alpha value is -3.66. The molecule has 0 unspecified atom stereocenters. The molecule has 2 atom stereocenters. The second kappa shape index (κ2) is 13.3. The molecule has 11 heteroatoms. The maximum atomic E-state index is 14.7. The number of carbonyl (C=O) groups is 4. The summed E-state index contributed by atoms with van der Waals surface area (Å²) in [5, 5.41) is 6.10. The Kier molecular flexibility index (Phi) is 9.86. The topological polar surface area (TPSA) is 108 Å². The van der Waals surface area contributed by atoms with Crippen molar-refractivity contribution in [1.29, 1.82) is 0 Å². The monoisotopic (exact) mass is 586 g/mol. The first kappa shape index (κ1) is 30.3. The van der Waals surface area contributed by atoms with E-state index in [0.717, 1.165) is 5.56 Å². The van der Waals surface area contributed by atoms with Gasteiger partial charge in [-0.05, 0) is 67.5 Å². The van der Waals surface area contributed by atoms with E-state index in [1.54, 1.807) is 18.2 Å². The number of methoxy groups -OCH3 is 1. The van der Waals surface area contributed by atoms with E-state index in [1.165, 1.54) is 35.1 Å². The van der Waals surface area contributed by atoms with E-state index in [1.807, 2.05) is 13.8 Å². The van der Waals surface area contributed by atoms with Crippen molar-refractivity contribution < 1.29 is 28.3 Å². The number of benzene rings is 2. The van der Waals surface area contributed by atoms with E-state index in [-0.39, 0.29) is 47.0 Å². The van der Waals surface area contributed by atoms with Crippen LogP contribution in [0.5, 0.6) is 5.75 Å². The fourth-order valence-corrected chi connectivity index (χ4v) is 5.48. The largest absolute Gasteiger partial charge is 0.495 e. The molecule has 0 spiro atoms. The van der Waals surface area contributed by atoms with Crippen molar-refractivity contribution in [3.05, 3.63) is 63.9 Å². The second-order valence-corrected chi connectivity index (χ2v) is 11.2. The summed E-state index contributed by atoms with van der Waals surface area (Å²) in [4.78, 5) is 56.4. The Balaban J connectivity index is 1.65. The number of halogens is 2. The van der Waals surface area contributed by atoms with Gasteiger partial charge in [0.2, 0.25) is 11.8 Å². The number of amides is 4. The summed E-state index contributed by atoms with van der Waals surface area (Å²) in [6, 6.07) is 7.76. The Morgan fingerprint density at radius 1 is 1.12 bits per heavy atom. The van der Waals surface area contributed by atoms with Gasteiger partial charge in [-0.25, -0.2) is 4.39 Å². The van der Waals surface area contributed by atoms with Crippen LogP contribution in [0.1, 0.15) is 59.4 Å². The van der Waals surface area contributed by atoms with Gasteiger partial charge in [0.1, 0.15) is 17.6 Å². The number of hydrogen-bond donors (Lipinski definition) is 2. The van der Waals surface area contributed by atoms with E-state index in [4.69, 9.17) is 16.3 Å². The molecule has 4 amide bonds. The fourth-order valence-electron chi connectivity index (χ4n) is 5.22. The highest BCUT2D eigenvalue weighted by Crippen LogP contribution is 2.26. The van der Waals surface area contributed by atoms with Gasteiger partial charge in [-0.2, -0.15) is 0 Å². The second-order valence-electron chi connectivity index (χ2n) is 10.8. The van der Waals surface area contributed by atoms with Crippen molar-refractivity contribution in [2.24, 2.45) is 5.92 Å². The summed E-state index contributed by atoms with van der Waals surface area (Å²) in [6.45, 7) is 4.30. The molecule has 2 N–H and O–H groups in total. The molecular formula is C30H36ClFN4O5. The highest BCUT2D eigenvalue weighted by atomic mass is 35.5. The third-order valence-corrected chi connectivity index (χ3v) is 7.91. The molecule has 2 heterocycles. The summed E-state index contributed by atoms with van der Waals surface area (Å²) < 4.78 is 19.9. The Bertz CT molecular complexity index is 1320. The van der Waals surface area contributed by atoms with E-state index >= 15 is 0 Å². The molecular weight excluding hydrogens is 551 g/mol. The predicted molar refractivity (Wildman–Crippen MR) is 152 cm³/mol. The lowest BCUT2D eigenvalue weighted by Crippen LogP contribution is -2.54. The maximum Gasteiger partial charge on any atom is 0.257 e. The molecule has 2 aliphatic rings. The number of carbonyl (C=O) groups excluding carboxylic acids is 4. The maximum absolute atomic E-state index is 14.7. The van der Waals surface area contributed by atoms with Crippen LogP contribution in [-0.2, 0) is 16.0 Å². The molecule has 41 heavy (non-hydrogen) atoms. The zero-order valence-electron chi connectivity index (χ0n) is 23.5. The van der Waals surface area contributed by atoms with Gasteiger partial charge in [0.15, 0.2) is 0 Å². The van der Waals surface area contributed by atoms with Crippen molar-refractivity contribution in [2.75, 3.05) is 33.3 Å². The molecule has 2 aromatic rings. The van der Waals surface area contributed by atoms with Crippen molar-refractivity contribution >= 4 is 35.2 Å². The van der Waals surface area contributed by atoms with Gasteiger partial charge in [-0.3, -0.25) is 19.2 Å². The molecule has 0 aliphatic carbocycles. The minimum Gasteiger partial charge on any atom is -0.495 e. The average molecular weight is 587 g/mol. The molecule has 0 aromatic heterocycles. The van der Waals surface area contributed by atoms with Gasteiger partial charge < -0.3 is 25.2 Å². The third kappa shape index (κ3) is 7.16. The van der Waals surface area contributed by atoms with Crippen molar-refractivity contribution in [2.45, 2.75) is 51.6 Å². The summed E-state index contributed by atoms with van der Waals surface area (Å²) in [5.41, 5.74) is 0.963. The number of rotatable bonds is 3. The Morgan fingerprint density at radius 3 is 2.61 bits per heavy atom. The van der Waals surface area contributed by atoms with Gasteiger partial charge in [0.05, 0.1) is 24.2 Å². The first-order chi connectivity index (χ1) is 19.6. The Morgan fingerprint density at radius 2 is 1.90 bits per heavy atom. The van der Waals surface area contributed by atoms with Gasteiger partial charge in [-0.15, -0.1) is 0 Å². The average Bonchev–Trinajstić information content (AvgIpc) is 3.44. The molecule has 2 aliphatic heterocycles. The zero-order chi connectivity index (χ0) is 29.7. The van der Waals surface area contributed by atoms with E-state index in [2.05, 4.69) is 10.6 Å². The van der Waals surface area contributed by atoms with Crippen LogP contribution < -0.4 is 15.4 Å². The van der Waals surface area contributed by atoms with Crippen molar-refractivity contribution in [1.82, 2.24) is 20.4 Å². The number of fused-ring (bicyclic) bond motifs is 3. The van der Waals surface area contributed by atoms with Gasteiger partial charge >= 0.3 is 0 Å². The number of hydrogen-bond acceptors (Lipinski definition) is 5. The summed E-state index contributed by atoms with van der Waals surface area (Å²) in [7, 11) is 1.47. The molecule has 2 aromatic carbocycles. The lowest BCUT2D eigenvalue weighted by atomic mass is 10.0. The van der Waals surface area contributed by atoms with Crippen LogP contribution in [-0.4, -0.2) is 78.8 Å². The van der Waals surface area contributed by atoms with Crippen LogP contribution in [0.4, 0.5) is 4.39 Å². The van der Waals surface area contributed by atoms with Crippen LogP contribution in [0.25, 0.3) is 0 Å². The van der Waals surface area contributed by atoms with Gasteiger partial charge in [-0.1, -0.05) is 31.5 Å². The molecule has 220 valence electrons. The van der Waals surface area contributed by atoms with E-state index in [0.29, 0.717) is 44.5 Å². The SMILES string of the molecule is COc1ccc(C(=O)N2CC(=O)NCCCc3ccc(F)c(c3)C(=O)N3CCC[C@H]3C(=O)N[C@H](C(C)C)C2)cc1Cl. The Labute approximate surface area is 244 Å². The van der Waals surface area contributed by atoms with Crippen molar-refractivity contribution in [3.63, 3.8) is 0 Å². The summed E-state index contributed by atoms with van der Waals surface area (Å²) in [6.07, 6.45) is 2.11. The normalized spacial score (nSPS) is 20.8. The molecule has 0 saturated carbocycles. The minimum atomic E-state index is -0.768. The first-order valence-corrected chi connectivity index (χ1v) is 14.3. The van der Waals surface area contributed by atoms with Crippen LogP contribution in [0.15, 0.2) is 36.4 Å². The molecule has 9 nitrogen and oxygen atoms in total. The van der Waals surface area contributed by atoms with E-state index < -0.39 is 29.7 Å². The first-order valence-electron chi connectivity index (χ1n) is 13.9. The summed E-state index contributed by atoms with van der Waals surface area (Å²) >= 11 is 6.27. The molecule has 2 bridgehead atoms. The van der Waals surface area contributed by atoms with Gasteiger partial charge in [0.25, 0.3) is 11.8 Å². The van der Waals surface area contributed by atoms with Crippen LogP contribution in [0.3, 0.4) is 0 Å². The minimum absolute atomic E-state index is 0.0510. The molecule has 1 fully saturated rings. The van der Waals surface area contributed by atoms with Crippen LogP contribution in [0.2, 0.25) is 5.02 Å². The summed E-state index contributed by atoms with van der Waals surface area (Å²) in [5.74, 6) is -2.01. The standard InChI is InChI=1S/C30H36ClFN4O5/c1-18(2)24-16-35(29(39)20-9-11-26(41-3)22(31)15-20)17-27(37)33-12-4-6-19-8-10-23(32)21(14-19)30(40)36-13-5-7-25(36)28(38)34-24/h8-11,14-15,18,24-25H,4-7,12-13,16-17H2,1-3H3,(H,33,37)(H,34,38)/t24-,25-/m0/s1. The smallest absolute Gasteiger partial charge is 0.257 e. The quantitative estimate of drug-likeness (QED) is 0.573. The van der Waals surface area contributed by atoms with Crippen LogP contribution >= 0.6 is 11.6 Å². The third-order valence-electron chi connectivity index (χ3n) is 7.61.